The van der Waals surface area contributed by atoms with Crippen molar-refractivity contribution in [1.29, 1.82) is 0 Å². The Balaban J connectivity index is 1.64. The lowest BCUT2D eigenvalue weighted by atomic mass is 10.0. The number of rotatable bonds is 5. The molecule has 9 nitrogen and oxygen atoms in total. The Morgan fingerprint density at radius 1 is 1.10 bits per heavy atom. The zero-order chi connectivity index (χ0) is 21.8. The van der Waals surface area contributed by atoms with Gasteiger partial charge in [0.15, 0.2) is 5.75 Å². The number of fused-ring (bicyclic) bond motifs is 1. The number of amides is 1. The van der Waals surface area contributed by atoms with Crippen LogP contribution in [0, 0.1) is 10.1 Å². The largest absolute Gasteiger partial charge is 0.502 e. The summed E-state index contributed by atoms with van der Waals surface area (Å²) in [6.45, 7) is 0. The van der Waals surface area contributed by atoms with Crippen molar-refractivity contribution < 1.29 is 14.8 Å². The highest BCUT2D eigenvalue weighted by molar-refractivity contribution is 6.07. The fraction of sp³-hybridized carbons (Fsp3) is 0. The lowest BCUT2D eigenvalue weighted by Crippen LogP contribution is -2.18. The molecule has 0 aliphatic heterocycles. The monoisotopic (exact) mass is 413 g/mol. The van der Waals surface area contributed by atoms with Crippen molar-refractivity contribution >= 4 is 28.7 Å². The summed E-state index contributed by atoms with van der Waals surface area (Å²) >= 11 is 0. The average molecular weight is 413 g/mol. The molecule has 4 rings (SSSR count). The average Bonchev–Trinajstić information content (AvgIpc) is 2.79. The molecule has 4 aromatic rings. The molecule has 152 valence electrons. The number of aromatic nitrogens is 2. The van der Waals surface area contributed by atoms with Crippen molar-refractivity contribution in [3.05, 3.63) is 94.3 Å². The Morgan fingerprint density at radius 2 is 1.87 bits per heavy atom. The molecule has 2 aromatic heterocycles. The molecule has 0 saturated heterocycles. The normalized spacial score (nSPS) is 11.0. The molecule has 0 aliphatic rings. The molecule has 0 radical (unpaired) electrons. The number of phenolic OH excluding ortho intramolecular Hbond substituents is 1. The molecule has 9 heteroatoms. The third-order valence-electron chi connectivity index (χ3n) is 4.51. The highest BCUT2D eigenvalue weighted by atomic mass is 16.6. The summed E-state index contributed by atoms with van der Waals surface area (Å²) in [5.41, 5.74) is 4.81. The van der Waals surface area contributed by atoms with Crippen LogP contribution in [0.2, 0.25) is 0 Å². The number of nitro groups is 1. The highest BCUT2D eigenvalue weighted by Crippen LogP contribution is 2.26. The number of carbonyl (C=O) groups is 1. The minimum atomic E-state index is -0.699. The Hall–Kier alpha value is -4.66. The molecule has 1 amide bonds. The third-order valence-corrected chi connectivity index (χ3v) is 4.51. The smallest absolute Gasteiger partial charge is 0.311 e. The first-order chi connectivity index (χ1) is 15.0. The van der Waals surface area contributed by atoms with E-state index in [1.807, 2.05) is 18.2 Å². The van der Waals surface area contributed by atoms with E-state index in [-0.39, 0.29) is 0 Å². The number of hydrogen-bond acceptors (Lipinski definition) is 7. The summed E-state index contributed by atoms with van der Waals surface area (Å²) in [5, 5.41) is 25.0. The van der Waals surface area contributed by atoms with Gasteiger partial charge in [-0.05, 0) is 36.4 Å². The molecule has 0 atom stereocenters. The molecule has 0 unspecified atom stereocenters. The lowest BCUT2D eigenvalue weighted by Gasteiger charge is -2.09. The van der Waals surface area contributed by atoms with E-state index >= 15 is 0 Å². The van der Waals surface area contributed by atoms with Crippen LogP contribution in [0.25, 0.3) is 22.2 Å². The number of phenols is 1. The van der Waals surface area contributed by atoms with Gasteiger partial charge in [-0.3, -0.25) is 19.9 Å². The van der Waals surface area contributed by atoms with E-state index in [2.05, 4.69) is 20.5 Å². The lowest BCUT2D eigenvalue weighted by molar-refractivity contribution is -0.385. The van der Waals surface area contributed by atoms with Crippen molar-refractivity contribution in [2.24, 2.45) is 5.10 Å². The summed E-state index contributed by atoms with van der Waals surface area (Å²) < 4.78 is 0. The van der Waals surface area contributed by atoms with Gasteiger partial charge < -0.3 is 5.11 Å². The van der Waals surface area contributed by atoms with Gasteiger partial charge in [0.1, 0.15) is 0 Å². The fourth-order valence-electron chi connectivity index (χ4n) is 3.03. The Kier molecular flexibility index (Phi) is 5.31. The first kappa shape index (κ1) is 19.6. The number of para-hydroxylation sites is 1. The van der Waals surface area contributed by atoms with Crippen LogP contribution < -0.4 is 5.43 Å². The number of nitrogens with zero attached hydrogens (tertiary/aromatic N) is 4. The van der Waals surface area contributed by atoms with Crippen molar-refractivity contribution in [3.8, 4) is 17.0 Å². The summed E-state index contributed by atoms with van der Waals surface area (Å²) in [7, 11) is 0. The Labute approximate surface area is 175 Å². The number of nitro benzene ring substituents is 1. The summed E-state index contributed by atoms with van der Waals surface area (Å²) in [4.78, 5) is 31.7. The molecule has 0 bridgehead atoms. The van der Waals surface area contributed by atoms with E-state index < -0.39 is 22.3 Å². The predicted octanol–water partition coefficient (Wildman–Crippen LogP) is 3.67. The van der Waals surface area contributed by atoms with E-state index in [1.165, 1.54) is 18.3 Å². The van der Waals surface area contributed by atoms with Crippen molar-refractivity contribution in [3.63, 3.8) is 0 Å². The van der Waals surface area contributed by atoms with E-state index in [4.69, 9.17) is 0 Å². The highest BCUT2D eigenvalue weighted by Gasteiger charge is 2.15. The first-order valence-corrected chi connectivity index (χ1v) is 9.14. The van der Waals surface area contributed by atoms with Crippen molar-refractivity contribution in [2.75, 3.05) is 0 Å². The van der Waals surface area contributed by atoms with Crippen LogP contribution in [-0.4, -0.2) is 32.1 Å². The first-order valence-electron chi connectivity index (χ1n) is 9.14. The van der Waals surface area contributed by atoms with E-state index in [0.717, 1.165) is 11.6 Å². The molecule has 0 saturated carbocycles. The molecule has 2 N–H and O–H groups in total. The SMILES string of the molecule is O=C(N/N=C\c1ccc(O)c([N+](=O)[O-])c1)c1cc(-c2ccncc2)nc2ccccc12. The predicted molar refractivity (Wildman–Crippen MR) is 115 cm³/mol. The topological polar surface area (TPSA) is 131 Å². The molecular weight excluding hydrogens is 398 g/mol. The van der Waals surface area contributed by atoms with Gasteiger partial charge in [0.25, 0.3) is 5.91 Å². The quantitative estimate of drug-likeness (QED) is 0.292. The van der Waals surface area contributed by atoms with E-state index in [0.29, 0.717) is 27.7 Å². The van der Waals surface area contributed by atoms with Gasteiger partial charge in [-0.15, -0.1) is 0 Å². The summed E-state index contributed by atoms with van der Waals surface area (Å²) in [6.07, 6.45) is 4.55. The summed E-state index contributed by atoms with van der Waals surface area (Å²) in [5.74, 6) is -0.906. The number of nitrogens with one attached hydrogen (secondary N) is 1. The van der Waals surface area contributed by atoms with Gasteiger partial charge >= 0.3 is 5.69 Å². The molecule has 2 aromatic carbocycles. The number of pyridine rings is 2. The van der Waals surface area contributed by atoms with Crippen LogP contribution in [0.5, 0.6) is 5.75 Å². The van der Waals surface area contributed by atoms with E-state index in [9.17, 15) is 20.0 Å². The fourth-order valence-corrected chi connectivity index (χ4v) is 3.03. The van der Waals surface area contributed by atoms with Gasteiger partial charge in [0.05, 0.1) is 27.9 Å². The number of benzene rings is 2. The zero-order valence-corrected chi connectivity index (χ0v) is 16.0. The second kappa shape index (κ2) is 8.37. The molecule has 31 heavy (non-hydrogen) atoms. The van der Waals surface area contributed by atoms with Crippen LogP contribution in [0.3, 0.4) is 0 Å². The number of carbonyl (C=O) groups excluding carboxylic acids is 1. The Morgan fingerprint density at radius 3 is 2.65 bits per heavy atom. The maximum atomic E-state index is 12.8. The van der Waals surface area contributed by atoms with Crippen LogP contribution in [0.4, 0.5) is 5.69 Å². The van der Waals surface area contributed by atoms with Crippen molar-refractivity contribution in [1.82, 2.24) is 15.4 Å². The standard InChI is InChI=1S/C22H15N5O4/c28-21-6-5-14(11-20(21)27(30)31)13-24-26-22(29)17-12-19(15-7-9-23-10-8-15)25-18-4-2-1-3-16(17)18/h1-13,28H,(H,26,29)/b24-13-. The van der Waals surface area contributed by atoms with Gasteiger partial charge in [-0.1, -0.05) is 18.2 Å². The van der Waals surface area contributed by atoms with E-state index in [1.54, 1.807) is 36.7 Å². The molecule has 2 heterocycles. The number of aromatic hydroxyl groups is 1. The third kappa shape index (κ3) is 4.20. The molecule has 0 fully saturated rings. The summed E-state index contributed by atoms with van der Waals surface area (Å²) in [6, 6.07) is 16.3. The second-order valence-corrected chi connectivity index (χ2v) is 6.51. The van der Waals surface area contributed by atoms with Gasteiger partial charge in [-0.25, -0.2) is 10.4 Å². The van der Waals surface area contributed by atoms with Gasteiger partial charge in [-0.2, -0.15) is 5.10 Å². The van der Waals surface area contributed by atoms with Crippen LogP contribution in [0.1, 0.15) is 15.9 Å². The molecule has 0 aliphatic carbocycles. The van der Waals surface area contributed by atoms with Crippen molar-refractivity contribution in [2.45, 2.75) is 0 Å². The van der Waals surface area contributed by atoms with Gasteiger partial charge in [0.2, 0.25) is 0 Å². The molecular formula is C22H15N5O4. The van der Waals surface area contributed by atoms with Crippen LogP contribution in [0.15, 0.2) is 78.2 Å². The van der Waals surface area contributed by atoms with Gasteiger partial charge in [0, 0.05) is 35.0 Å². The Bertz CT molecular complexity index is 1320. The van der Waals surface area contributed by atoms with Crippen LogP contribution in [-0.2, 0) is 0 Å². The maximum absolute atomic E-state index is 12.8. The second-order valence-electron chi connectivity index (χ2n) is 6.51. The molecule has 0 spiro atoms. The van der Waals surface area contributed by atoms with Crippen LogP contribution >= 0.6 is 0 Å². The number of hydrazone groups is 1. The number of hydrogen-bond donors (Lipinski definition) is 2. The minimum absolute atomic E-state index is 0.349. The minimum Gasteiger partial charge on any atom is -0.502 e. The maximum Gasteiger partial charge on any atom is 0.311 e. The zero-order valence-electron chi connectivity index (χ0n) is 16.0.